The van der Waals surface area contributed by atoms with Crippen molar-refractivity contribution in [1.29, 1.82) is 0 Å². The smallest absolute Gasteiger partial charge is 0.251 e. The molecule has 2 aromatic rings. The van der Waals surface area contributed by atoms with Crippen molar-refractivity contribution in [2.75, 3.05) is 0 Å². The Kier molecular flexibility index (Phi) is 4.68. The molecule has 0 fully saturated rings. The number of rotatable bonds is 4. The lowest BCUT2D eigenvalue weighted by Gasteiger charge is -2.04. The predicted octanol–water partition coefficient (Wildman–Crippen LogP) is 4.03. The number of hydrogen-bond donors (Lipinski definition) is 1. The van der Waals surface area contributed by atoms with Crippen molar-refractivity contribution in [2.24, 2.45) is 0 Å². The van der Waals surface area contributed by atoms with Gasteiger partial charge in [0.05, 0.1) is 22.3 Å². The topological polar surface area (TPSA) is 55.1 Å². The first-order valence-electron chi connectivity index (χ1n) is 6.16. The highest BCUT2D eigenvalue weighted by Gasteiger charge is 2.11. The second-order valence-corrected chi connectivity index (χ2v) is 5.50. The zero-order valence-electron chi connectivity index (χ0n) is 11.1. The summed E-state index contributed by atoms with van der Waals surface area (Å²) in [6.07, 6.45) is 0. The fraction of sp³-hybridized carbons (Fsp3) is 0.286. The summed E-state index contributed by atoms with van der Waals surface area (Å²) in [5.41, 5.74) is 1.31. The monoisotopic (exact) mass is 312 g/mol. The van der Waals surface area contributed by atoms with Gasteiger partial charge < -0.3 is 9.84 Å². The second-order valence-electron chi connectivity index (χ2n) is 4.68. The summed E-state index contributed by atoms with van der Waals surface area (Å²) < 4.78 is 5.14. The zero-order chi connectivity index (χ0) is 14.7. The largest absolute Gasteiger partial charge is 0.359 e. The molecule has 4 nitrogen and oxygen atoms in total. The number of nitrogens with zero attached hydrogens (tertiary/aromatic N) is 1. The standard InChI is InChI=1S/C14H14Cl2N2O2/c1-8(2)13-6-10(20-18-13)7-17-14(19)9-3-4-11(15)12(16)5-9/h3-6,8H,7H2,1-2H3,(H,17,19). The average Bonchev–Trinajstić information content (AvgIpc) is 2.88. The number of hydrogen-bond acceptors (Lipinski definition) is 3. The summed E-state index contributed by atoms with van der Waals surface area (Å²) in [4.78, 5) is 11.9. The molecule has 0 unspecified atom stereocenters. The van der Waals surface area contributed by atoms with Gasteiger partial charge in [0.15, 0.2) is 5.76 Å². The maximum atomic E-state index is 11.9. The quantitative estimate of drug-likeness (QED) is 0.927. The van der Waals surface area contributed by atoms with Crippen molar-refractivity contribution < 1.29 is 9.32 Å². The van der Waals surface area contributed by atoms with Crippen LogP contribution in [0.15, 0.2) is 28.8 Å². The van der Waals surface area contributed by atoms with Crippen LogP contribution in [0.1, 0.15) is 41.6 Å². The van der Waals surface area contributed by atoms with E-state index in [9.17, 15) is 4.79 Å². The average molecular weight is 313 g/mol. The van der Waals surface area contributed by atoms with Crippen LogP contribution in [-0.2, 0) is 6.54 Å². The first-order chi connectivity index (χ1) is 9.47. The van der Waals surface area contributed by atoms with Gasteiger partial charge in [0.1, 0.15) is 0 Å². The third-order valence-corrected chi connectivity index (χ3v) is 3.51. The minimum atomic E-state index is -0.244. The molecule has 0 spiro atoms. The van der Waals surface area contributed by atoms with Gasteiger partial charge >= 0.3 is 0 Å². The number of nitrogens with one attached hydrogen (secondary N) is 1. The van der Waals surface area contributed by atoms with E-state index >= 15 is 0 Å². The van der Waals surface area contributed by atoms with E-state index in [4.69, 9.17) is 27.7 Å². The lowest BCUT2D eigenvalue weighted by atomic mass is 10.1. The molecule has 6 heteroatoms. The number of carbonyl (C=O) groups is 1. The summed E-state index contributed by atoms with van der Waals surface area (Å²) in [5.74, 6) is 0.659. The Labute approximate surface area is 127 Å². The summed E-state index contributed by atoms with van der Waals surface area (Å²) in [6, 6.07) is 6.56. The van der Waals surface area contributed by atoms with Crippen LogP contribution in [0.4, 0.5) is 0 Å². The molecule has 0 saturated heterocycles. The molecule has 0 saturated carbocycles. The lowest BCUT2D eigenvalue weighted by Crippen LogP contribution is -2.22. The van der Waals surface area contributed by atoms with Crippen LogP contribution in [0.25, 0.3) is 0 Å². The van der Waals surface area contributed by atoms with Crippen LogP contribution in [0.5, 0.6) is 0 Å². The third-order valence-electron chi connectivity index (χ3n) is 2.77. The molecule has 1 aromatic heterocycles. The highest BCUT2D eigenvalue weighted by atomic mass is 35.5. The van der Waals surface area contributed by atoms with Crippen LogP contribution in [-0.4, -0.2) is 11.1 Å². The van der Waals surface area contributed by atoms with Crippen molar-refractivity contribution >= 4 is 29.1 Å². The summed E-state index contributed by atoms with van der Waals surface area (Å²) in [5, 5.41) is 7.43. The van der Waals surface area contributed by atoms with Gasteiger partial charge in [-0.25, -0.2) is 0 Å². The highest BCUT2D eigenvalue weighted by molar-refractivity contribution is 6.42. The van der Waals surface area contributed by atoms with E-state index in [1.165, 1.54) is 6.07 Å². The molecule has 1 amide bonds. The molecular formula is C14H14Cl2N2O2. The molecule has 1 aromatic carbocycles. The van der Waals surface area contributed by atoms with E-state index in [1.807, 2.05) is 19.9 Å². The maximum absolute atomic E-state index is 11.9. The molecule has 106 valence electrons. The second kappa shape index (κ2) is 6.29. The predicted molar refractivity (Wildman–Crippen MR) is 78.2 cm³/mol. The molecule has 0 aliphatic heterocycles. The minimum absolute atomic E-state index is 0.244. The zero-order valence-corrected chi connectivity index (χ0v) is 12.6. The van der Waals surface area contributed by atoms with Gasteiger partial charge in [-0.05, 0) is 24.1 Å². The molecule has 0 aliphatic rings. The summed E-state index contributed by atoms with van der Waals surface area (Å²) in [6.45, 7) is 4.32. The first-order valence-corrected chi connectivity index (χ1v) is 6.91. The molecule has 20 heavy (non-hydrogen) atoms. The number of carbonyl (C=O) groups excluding carboxylic acids is 1. The normalized spacial score (nSPS) is 10.8. The number of amides is 1. The fourth-order valence-corrected chi connectivity index (χ4v) is 1.89. The third kappa shape index (κ3) is 3.52. The van der Waals surface area contributed by atoms with Gasteiger partial charge in [-0.3, -0.25) is 4.79 Å². The molecule has 0 bridgehead atoms. The maximum Gasteiger partial charge on any atom is 0.251 e. The van der Waals surface area contributed by atoms with Crippen molar-refractivity contribution in [1.82, 2.24) is 10.5 Å². The molecule has 2 rings (SSSR count). The summed E-state index contributed by atoms with van der Waals surface area (Å²) >= 11 is 11.7. The van der Waals surface area contributed by atoms with Gasteiger partial charge in [0.2, 0.25) is 0 Å². The summed E-state index contributed by atoms with van der Waals surface area (Å²) in [7, 11) is 0. The molecule has 1 N–H and O–H groups in total. The van der Waals surface area contributed by atoms with Gasteiger partial charge in [0, 0.05) is 11.6 Å². The Morgan fingerprint density at radius 1 is 1.30 bits per heavy atom. The van der Waals surface area contributed by atoms with Crippen LogP contribution in [0, 0.1) is 0 Å². The molecule has 0 aliphatic carbocycles. The Morgan fingerprint density at radius 3 is 2.65 bits per heavy atom. The van der Waals surface area contributed by atoms with Gasteiger partial charge in [-0.15, -0.1) is 0 Å². The van der Waals surface area contributed by atoms with Crippen LogP contribution in [0.2, 0.25) is 10.0 Å². The van der Waals surface area contributed by atoms with Gasteiger partial charge in [-0.1, -0.05) is 42.2 Å². The van der Waals surface area contributed by atoms with Crippen molar-refractivity contribution in [3.05, 3.63) is 51.3 Å². The van der Waals surface area contributed by atoms with E-state index < -0.39 is 0 Å². The van der Waals surface area contributed by atoms with E-state index in [0.717, 1.165) is 5.69 Å². The Bertz CT molecular complexity index is 623. The Morgan fingerprint density at radius 2 is 2.05 bits per heavy atom. The van der Waals surface area contributed by atoms with Gasteiger partial charge in [0.25, 0.3) is 5.91 Å². The highest BCUT2D eigenvalue weighted by Crippen LogP contribution is 2.22. The van der Waals surface area contributed by atoms with Crippen molar-refractivity contribution in [3.63, 3.8) is 0 Å². The molecule has 0 atom stereocenters. The molecule has 1 heterocycles. The van der Waals surface area contributed by atoms with Gasteiger partial charge in [-0.2, -0.15) is 0 Å². The Balaban J connectivity index is 1.99. The molecular weight excluding hydrogens is 299 g/mol. The van der Waals surface area contributed by atoms with E-state index in [-0.39, 0.29) is 12.5 Å². The number of benzene rings is 1. The van der Waals surface area contributed by atoms with Crippen LogP contribution in [0.3, 0.4) is 0 Å². The lowest BCUT2D eigenvalue weighted by molar-refractivity contribution is 0.0947. The number of aromatic nitrogens is 1. The van der Waals surface area contributed by atoms with Crippen LogP contribution < -0.4 is 5.32 Å². The SMILES string of the molecule is CC(C)c1cc(CNC(=O)c2ccc(Cl)c(Cl)c2)on1. The fourth-order valence-electron chi connectivity index (χ4n) is 1.59. The Hall–Kier alpha value is -1.52. The van der Waals surface area contributed by atoms with Crippen LogP contribution >= 0.6 is 23.2 Å². The van der Waals surface area contributed by atoms with E-state index in [0.29, 0.717) is 27.3 Å². The number of halogens is 2. The van der Waals surface area contributed by atoms with E-state index in [2.05, 4.69) is 10.5 Å². The van der Waals surface area contributed by atoms with E-state index in [1.54, 1.807) is 12.1 Å². The van der Waals surface area contributed by atoms with Crippen molar-refractivity contribution in [3.8, 4) is 0 Å². The van der Waals surface area contributed by atoms with Crippen molar-refractivity contribution in [2.45, 2.75) is 26.3 Å². The first kappa shape index (κ1) is 14.9. The molecule has 0 radical (unpaired) electrons. The minimum Gasteiger partial charge on any atom is -0.359 e.